The van der Waals surface area contributed by atoms with E-state index >= 15 is 0 Å². The zero-order chi connectivity index (χ0) is 23.3. The largest absolute Gasteiger partial charge is 0.344 e. The molecule has 2 rings (SSSR count). The molecule has 1 heterocycles. The first-order chi connectivity index (χ1) is 14.5. The highest BCUT2D eigenvalue weighted by Crippen LogP contribution is 2.31. The molecule has 2 atom stereocenters. The second-order valence-electron chi connectivity index (χ2n) is 9.69. The van der Waals surface area contributed by atoms with Crippen molar-refractivity contribution < 1.29 is 4.90 Å². The number of rotatable bonds is 6. The SMILES string of the molecule is CC(C)N(C(=S)N=C1SSC(NC(=S)N(C(C)C)C(C)C)[NH+]1C1CCCCC1)C(C)C. The molecule has 0 spiro atoms. The summed E-state index contributed by atoms with van der Waals surface area (Å²) in [5, 5.41) is 6.34. The minimum Gasteiger partial charge on any atom is -0.344 e. The average molecular weight is 505 g/mol. The van der Waals surface area contributed by atoms with Crippen molar-refractivity contribution in [3.63, 3.8) is 0 Å². The van der Waals surface area contributed by atoms with E-state index in [-0.39, 0.29) is 5.50 Å². The predicted octanol–water partition coefficient (Wildman–Crippen LogP) is 4.64. The van der Waals surface area contributed by atoms with Gasteiger partial charge in [0.25, 0.3) is 5.17 Å². The summed E-state index contributed by atoms with van der Waals surface area (Å²) in [6, 6.07) is 1.96. The first-order valence-electron chi connectivity index (χ1n) is 11.7. The molecule has 9 heteroatoms. The van der Waals surface area contributed by atoms with Crippen molar-refractivity contribution in [1.29, 1.82) is 0 Å². The summed E-state index contributed by atoms with van der Waals surface area (Å²) >= 11 is 11.7. The number of hydrogen-bond donors (Lipinski definition) is 2. The fourth-order valence-corrected chi connectivity index (χ4v) is 8.66. The second kappa shape index (κ2) is 12.4. The second-order valence-corrected chi connectivity index (χ2v) is 12.7. The Hall–Kier alpha value is -0.0900. The van der Waals surface area contributed by atoms with Crippen LogP contribution in [-0.2, 0) is 0 Å². The van der Waals surface area contributed by atoms with Gasteiger partial charge in [-0.05, 0) is 106 Å². The standard InChI is InChI=1S/C22H41N5S4/c1-14(2)25(15(3)4)19(28)23-21-27(18-12-10-9-11-13-18)22(31-30-21)24-20(29)26(16(5)6)17(7)8/h14-18,21H,9-13H2,1-8H3,(H,23,28)/p+1. The number of hydrogen-bond acceptors (Lipinski definition) is 4. The molecule has 0 aromatic rings. The van der Waals surface area contributed by atoms with Crippen molar-refractivity contribution in [1.82, 2.24) is 15.1 Å². The van der Waals surface area contributed by atoms with E-state index in [0.29, 0.717) is 35.3 Å². The molecule has 1 aliphatic carbocycles. The Labute approximate surface area is 208 Å². The van der Waals surface area contributed by atoms with E-state index in [9.17, 15) is 0 Å². The Morgan fingerprint density at radius 3 is 1.90 bits per heavy atom. The summed E-state index contributed by atoms with van der Waals surface area (Å²) < 4.78 is 0. The molecule has 0 amide bonds. The van der Waals surface area contributed by atoms with Crippen molar-refractivity contribution in [3.05, 3.63) is 0 Å². The van der Waals surface area contributed by atoms with Crippen LogP contribution in [0.5, 0.6) is 0 Å². The number of aliphatic imine (C=N–C) groups is 1. The monoisotopic (exact) mass is 504 g/mol. The van der Waals surface area contributed by atoms with Crippen molar-refractivity contribution in [2.24, 2.45) is 4.99 Å². The van der Waals surface area contributed by atoms with Crippen molar-refractivity contribution in [2.75, 3.05) is 0 Å². The summed E-state index contributed by atoms with van der Waals surface area (Å²) in [4.78, 5) is 11.0. The van der Waals surface area contributed by atoms with Crippen LogP contribution >= 0.6 is 46.0 Å². The highest BCUT2D eigenvalue weighted by Gasteiger charge is 2.44. The smallest absolute Gasteiger partial charge is 0.278 e. The topological polar surface area (TPSA) is 35.3 Å². The van der Waals surface area contributed by atoms with Gasteiger partial charge in [0.2, 0.25) is 10.6 Å². The number of amidine groups is 1. The zero-order valence-electron chi connectivity index (χ0n) is 20.5. The lowest BCUT2D eigenvalue weighted by Crippen LogP contribution is -3.20. The van der Waals surface area contributed by atoms with E-state index in [1.807, 2.05) is 10.8 Å². The molecule has 2 unspecified atom stereocenters. The minimum atomic E-state index is 0.161. The maximum absolute atomic E-state index is 5.86. The fraction of sp³-hybridized carbons (Fsp3) is 0.864. The van der Waals surface area contributed by atoms with Gasteiger partial charge in [-0.3, -0.25) is 0 Å². The Morgan fingerprint density at radius 1 is 0.903 bits per heavy atom. The van der Waals surface area contributed by atoms with E-state index in [1.165, 1.54) is 37.0 Å². The van der Waals surface area contributed by atoms with Crippen LogP contribution in [0.15, 0.2) is 4.99 Å². The Morgan fingerprint density at radius 2 is 1.42 bits per heavy atom. The molecule has 0 bridgehead atoms. The van der Waals surface area contributed by atoms with Gasteiger partial charge in [-0.2, -0.15) is 4.99 Å². The summed E-state index contributed by atoms with van der Waals surface area (Å²) in [6.45, 7) is 17.5. The lowest BCUT2D eigenvalue weighted by Gasteiger charge is -2.36. The van der Waals surface area contributed by atoms with Crippen LogP contribution in [0.1, 0.15) is 87.5 Å². The Kier molecular flexibility index (Phi) is 10.9. The van der Waals surface area contributed by atoms with Gasteiger partial charge in [-0.25, -0.2) is 4.90 Å². The van der Waals surface area contributed by atoms with E-state index in [0.717, 1.165) is 10.3 Å². The Balaban J connectivity index is 2.27. The molecule has 2 N–H and O–H groups in total. The van der Waals surface area contributed by atoms with Gasteiger partial charge in [0.05, 0.1) is 6.04 Å². The van der Waals surface area contributed by atoms with Crippen LogP contribution in [0.3, 0.4) is 0 Å². The van der Waals surface area contributed by atoms with Gasteiger partial charge >= 0.3 is 0 Å². The molecule has 0 aromatic carbocycles. The molecule has 1 aliphatic heterocycles. The van der Waals surface area contributed by atoms with Crippen LogP contribution in [-0.4, -0.2) is 60.9 Å². The lowest BCUT2D eigenvalue weighted by molar-refractivity contribution is -0.844. The summed E-state index contributed by atoms with van der Waals surface area (Å²) in [6.07, 6.45) is 6.42. The summed E-state index contributed by atoms with van der Waals surface area (Å²) in [7, 11) is 3.60. The van der Waals surface area contributed by atoms with E-state index < -0.39 is 0 Å². The Bertz CT molecular complexity index is 628. The van der Waals surface area contributed by atoms with Gasteiger partial charge in [0.1, 0.15) is 0 Å². The van der Waals surface area contributed by atoms with E-state index in [2.05, 4.69) is 70.5 Å². The fourth-order valence-electron chi connectivity index (χ4n) is 4.73. The molecular weight excluding hydrogens is 463 g/mol. The van der Waals surface area contributed by atoms with Gasteiger partial charge in [-0.15, -0.1) is 0 Å². The molecule has 2 aliphatic rings. The first kappa shape index (κ1) is 27.2. The van der Waals surface area contributed by atoms with Crippen LogP contribution < -0.4 is 10.2 Å². The molecule has 5 nitrogen and oxygen atoms in total. The third-order valence-corrected chi connectivity index (χ3v) is 9.05. The molecule has 2 fully saturated rings. The molecule has 0 radical (unpaired) electrons. The summed E-state index contributed by atoms with van der Waals surface area (Å²) in [5.41, 5.74) is 0.161. The molecule has 1 saturated carbocycles. The predicted molar refractivity (Wildman–Crippen MR) is 147 cm³/mol. The molecule has 31 heavy (non-hydrogen) atoms. The maximum Gasteiger partial charge on any atom is 0.278 e. The van der Waals surface area contributed by atoms with Crippen LogP contribution in [0.4, 0.5) is 0 Å². The van der Waals surface area contributed by atoms with E-state index in [4.69, 9.17) is 29.4 Å². The van der Waals surface area contributed by atoms with Gasteiger partial charge in [0, 0.05) is 45.8 Å². The number of nitrogens with zero attached hydrogens (tertiary/aromatic N) is 3. The average Bonchev–Trinajstić information content (AvgIpc) is 3.02. The van der Waals surface area contributed by atoms with Gasteiger partial charge < -0.3 is 15.1 Å². The van der Waals surface area contributed by atoms with Crippen LogP contribution in [0, 0.1) is 0 Å². The molecule has 1 saturated heterocycles. The number of quaternary nitrogens is 1. The quantitative estimate of drug-likeness (QED) is 0.403. The normalized spacial score (nSPS) is 23.9. The highest BCUT2D eigenvalue weighted by atomic mass is 33.1. The zero-order valence-corrected chi connectivity index (χ0v) is 23.7. The third kappa shape index (κ3) is 7.19. The van der Waals surface area contributed by atoms with Crippen molar-refractivity contribution in [2.45, 2.75) is 123 Å². The summed E-state index contributed by atoms with van der Waals surface area (Å²) in [5.74, 6) is 0. The molecular formula is C22H42N5S4+. The van der Waals surface area contributed by atoms with Crippen LogP contribution in [0.2, 0.25) is 0 Å². The van der Waals surface area contributed by atoms with E-state index in [1.54, 1.807) is 10.8 Å². The van der Waals surface area contributed by atoms with Crippen LogP contribution in [0.25, 0.3) is 0 Å². The molecule has 178 valence electrons. The minimum absolute atomic E-state index is 0.161. The van der Waals surface area contributed by atoms with Crippen molar-refractivity contribution >= 4 is 61.4 Å². The number of nitrogens with one attached hydrogen (secondary N) is 2. The van der Waals surface area contributed by atoms with Gasteiger partial charge in [-0.1, -0.05) is 6.42 Å². The first-order valence-corrected chi connectivity index (χ1v) is 14.8. The van der Waals surface area contributed by atoms with Gasteiger partial charge in [0.15, 0.2) is 5.11 Å². The highest BCUT2D eigenvalue weighted by molar-refractivity contribution is 8.82. The number of thiocarbonyl (C=S) groups is 2. The van der Waals surface area contributed by atoms with Crippen molar-refractivity contribution in [3.8, 4) is 0 Å². The maximum atomic E-state index is 5.86. The molecule has 0 aromatic heterocycles. The lowest BCUT2D eigenvalue weighted by atomic mass is 9.95. The third-order valence-electron chi connectivity index (χ3n) is 5.93.